The first-order chi connectivity index (χ1) is 9.96. The van der Waals surface area contributed by atoms with Gasteiger partial charge in [0.1, 0.15) is 17.1 Å². The van der Waals surface area contributed by atoms with Gasteiger partial charge in [-0.05, 0) is 19.9 Å². The second kappa shape index (κ2) is 6.42. The van der Waals surface area contributed by atoms with Crippen LogP contribution in [0.5, 0.6) is 5.75 Å². The molecule has 0 radical (unpaired) electrons. The van der Waals surface area contributed by atoms with E-state index in [4.69, 9.17) is 10.00 Å². The lowest BCUT2D eigenvalue weighted by Gasteiger charge is -2.40. The first kappa shape index (κ1) is 15.7. The van der Waals surface area contributed by atoms with Crippen molar-refractivity contribution >= 4 is 0 Å². The zero-order chi connectivity index (χ0) is 15.5. The highest BCUT2D eigenvalue weighted by Gasteiger charge is 2.29. The Hall–Kier alpha value is -1.64. The normalized spacial score (nSPS) is 17.5. The van der Waals surface area contributed by atoms with E-state index >= 15 is 0 Å². The van der Waals surface area contributed by atoms with Crippen LogP contribution in [0.15, 0.2) is 18.2 Å². The molecule has 0 spiro atoms. The van der Waals surface area contributed by atoms with Crippen LogP contribution in [-0.4, -0.2) is 48.6 Å². The SMILES string of the molecule is COc1ccc(CN2CCN(C(C)(C)C#N)CC2)c(F)c1. The molecule has 0 atom stereocenters. The van der Waals surface area contributed by atoms with Gasteiger partial charge < -0.3 is 4.74 Å². The molecule has 5 heteroatoms. The van der Waals surface area contributed by atoms with Crippen molar-refractivity contribution < 1.29 is 9.13 Å². The molecule has 1 saturated heterocycles. The zero-order valence-corrected chi connectivity index (χ0v) is 12.9. The third kappa shape index (κ3) is 3.72. The van der Waals surface area contributed by atoms with Crippen LogP contribution in [0.25, 0.3) is 0 Å². The van der Waals surface area contributed by atoms with Crippen molar-refractivity contribution in [1.29, 1.82) is 5.26 Å². The Balaban J connectivity index is 1.94. The summed E-state index contributed by atoms with van der Waals surface area (Å²) in [5, 5.41) is 9.17. The smallest absolute Gasteiger partial charge is 0.131 e. The lowest BCUT2D eigenvalue weighted by atomic mass is 10.0. The van der Waals surface area contributed by atoms with Gasteiger partial charge in [-0.15, -0.1) is 0 Å². The molecule has 1 aromatic carbocycles. The molecule has 2 rings (SSSR count). The van der Waals surface area contributed by atoms with Crippen molar-refractivity contribution in [2.75, 3.05) is 33.3 Å². The minimum Gasteiger partial charge on any atom is -0.497 e. The number of halogens is 1. The number of methoxy groups -OCH3 is 1. The van der Waals surface area contributed by atoms with Crippen molar-refractivity contribution in [2.24, 2.45) is 0 Å². The lowest BCUT2D eigenvalue weighted by Crippen LogP contribution is -2.53. The quantitative estimate of drug-likeness (QED) is 0.853. The van der Waals surface area contributed by atoms with Crippen LogP contribution in [0.4, 0.5) is 4.39 Å². The average Bonchev–Trinajstić information content (AvgIpc) is 2.50. The van der Waals surface area contributed by atoms with Crippen LogP contribution in [0.2, 0.25) is 0 Å². The summed E-state index contributed by atoms with van der Waals surface area (Å²) in [5.41, 5.74) is 0.251. The molecule has 1 aromatic rings. The molecule has 1 fully saturated rings. The molecule has 0 bridgehead atoms. The fourth-order valence-electron chi connectivity index (χ4n) is 2.56. The van der Waals surface area contributed by atoms with Gasteiger partial charge in [-0.25, -0.2) is 4.39 Å². The molecule has 1 aliphatic heterocycles. The highest BCUT2D eigenvalue weighted by molar-refractivity contribution is 5.28. The van der Waals surface area contributed by atoms with Gasteiger partial charge in [-0.1, -0.05) is 6.07 Å². The fraction of sp³-hybridized carbons (Fsp3) is 0.562. The van der Waals surface area contributed by atoms with Crippen LogP contribution >= 0.6 is 0 Å². The van der Waals surface area contributed by atoms with Crippen LogP contribution in [0.3, 0.4) is 0 Å². The largest absolute Gasteiger partial charge is 0.497 e. The second-order valence-corrected chi connectivity index (χ2v) is 5.89. The first-order valence-electron chi connectivity index (χ1n) is 7.17. The van der Waals surface area contributed by atoms with E-state index in [-0.39, 0.29) is 5.82 Å². The predicted molar refractivity (Wildman–Crippen MR) is 79.5 cm³/mol. The van der Waals surface area contributed by atoms with E-state index in [1.165, 1.54) is 13.2 Å². The zero-order valence-electron chi connectivity index (χ0n) is 12.9. The summed E-state index contributed by atoms with van der Waals surface area (Å²) in [4.78, 5) is 4.39. The van der Waals surface area contributed by atoms with Gasteiger partial charge in [0.2, 0.25) is 0 Å². The summed E-state index contributed by atoms with van der Waals surface area (Å²) in [5.74, 6) is 0.311. The molecule has 0 aliphatic carbocycles. The number of piperazine rings is 1. The van der Waals surface area contributed by atoms with Gasteiger partial charge in [0.15, 0.2) is 0 Å². The van der Waals surface area contributed by atoms with Gasteiger partial charge in [-0.3, -0.25) is 9.80 Å². The van der Waals surface area contributed by atoms with Crippen molar-refractivity contribution in [3.05, 3.63) is 29.6 Å². The molecule has 1 heterocycles. The number of nitrogens with zero attached hydrogens (tertiary/aromatic N) is 3. The van der Waals surface area contributed by atoms with E-state index in [0.717, 1.165) is 26.2 Å². The Morgan fingerprint density at radius 2 is 1.95 bits per heavy atom. The summed E-state index contributed by atoms with van der Waals surface area (Å²) in [7, 11) is 1.53. The van der Waals surface area contributed by atoms with E-state index in [0.29, 0.717) is 17.9 Å². The number of hydrogen-bond donors (Lipinski definition) is 0. The Kier molecular flexibility index (Phi) is 4.81. The first-order valence-corrected chi connectivity index (χ1v) is 7.17. The van der Waals surface area contributed by atoms with E-state index in [9.17, 15) is 4.39 Å². The van der Waals surface area contributed by atoms with E-state index in [2.05, 4.69) is 15.9 Å². The van der Waals surface area contributed by atoms with Crippen LogP contribution in [-0.2, 0) is 6.54 Å². The number of nitriles is 1. The van der Waals surface area contributed by atoms with E-state index in [1.807, 2.05) is 13.8 Å². The highest BCUT2D eigenvalue weighted by atomic mass is 19.1. The fourth-order valence-corrected chi connectivity index (χ4v) is 2.56. The molecule has 114 valence electrons. The summed E-state index contributed by atoms with van der Waals surface area (Å²) < 4.78 is 19.0. The Morgan fingerprint density at radius 3 is 2.48 bits per heavy atom. The van der Waals surface area contributed by atoms with Gasteiger partial charge in [0.25, 0.3) is 0 Å². The van der Waals surface area contributed by atoms with Gasteiger partial charge in [0, 0.05) is 44.4 Å². The Labute approximate surface area is 125 Å². The number of rotatable bonds is 4. The van der Waals surface area contributed by atoms with Gasteiger partial charge >= 0.3 is 0 Å². The van der Waals surface area contributed by atoms with Crippen molar-refractivity contribution in [2.45, 2.75) is 25.9 Å². The molecule has 4 nitrogen and oxygen atoms in total. The van der Waals surface area contributed by atoms with Crippen LogP contribution in [0, 0.1) is 17.1 Å². The standard InChI is InChI=1S/C16H22FN3O/c1-16(2,12-18)20-8-6-19(7-9-20)11-13-4-5-14(21-3)10-15(13)17/h4-5,10H,6-9,11H2,1-3H3. The predicted octanol–water partition coefficient (Wildman–Crippen LogP) is 2.25. The van der Waals surface area contributed by atoms with Gasteiger partial charge in [-0.2, -0.15) is 5.26 Å². The molecule has 0 N–H and O–H groups in total. The maximum atomic E-state index is 14.0. The monoisotopic (exact) mass is 291 g/mol. The molecule has 0 unspecified atom stereocenters. The number of benzene rings is 1. The lowest BCUT2D eigenvalue weighted by molar-refractivity contribution is 0.0758. The maximum absolute atomic E-state index is 14.0. The van der Waals surface area contributed by atoms with Crippen molar-refractivity contribution in [3.8, 4) is 11.8 Å². The Bertz CT molecular complexity index is 531. The number of hydrogen-bond acceptors (Lipinski definition) is 4. The molecule has 1 aliphatic rings. The summed E-state index contributed by atoms with van der Waals surface area (Å²) in [6.07, 6.45) is 0. The van der Waals surface area contributed by atoms with Gasteiger partial charge in [0.05, 0.1) is 13.2 Å². The van der Waals surface area contributed by atoms with Crippen LogP contribution < -0.4 is 4.74 Å². The van der Waals surface area contributed by atoms with Crippen molar-refractivity contribution in [3.63, 3.8) is 0 Å². The third-order valence-corrected chi connectivity index (χ3v) is 4.09. The molecule has 0 aromatic heterocycles. The molecule has 21 heavy (non-hydrogen) atoms. The summed E-state index contributed by atoms with van der Waals surface area (Å²) >= 11 is 0. The minimum atomic E-state index is -0.433. The molecule has 0 saturated carbocycles. The minimum absolute atomic E-state index is 0.228. The topological polar surface area (TPSA) is 39.5 Å². The van der Waals surface area contributed by atoms with E-state index in [1.54, 1.807) is 12.1 Å². The summed E-state index contributed by atoms with van der Waals surface area (Å²) in [6, 6.07) is 7.31. The maximum Gasteiger partial charge on any atom is 0.131 e. The molecular weight excluding hydrogens is 269 g/mol. The van der Waals surface area contributed by atoms with E-state index < -0.39 is 5.54 Å². The average molecular weight is 291 g/mol. The highest BCUT2D eigenvalue weighted by Crippen LogP contribution is 2.20. The molecule has 0 amide bonds. The second-order valence-electron chi connectivity index (χ2n) is 5.89. The van der Waals surface area contributed by atoms with Crippen LogP contribution in [0.1, 0.15) is 19.4 Å². The summed E-state index contributed by atoms with van der Waals surface area (Å²) in [6.45, 7) is 7.82. The number of ether oxygens (including phenoxy) is 1. The molecular formula is C16H22FN3O. The van der Waals surface area contributed by atoms with Crippen molar-refractivity contribution in [1.82, 2.24) is 9.80 Å². The Morgan fingerprint density at radius 1 is 1.29 bits per heavy atom. The third-order valence-electron chi connectivity index (χ3n) is 4.09.